The van der Waals surface area contributed by atoms with Crippen molar-refractivity contribution in [3.63, 3.8) is 0 Å². The van der Waals surface area contributed by atoms with Gasteiger partial charge in [-0.3, -0.25) is 9.59 Å². The van der Waals surface area contributed by atoms with E-state index in [-0.39, 0.29) is 17.7 Å². The van der Waals surface area contributed by atoms with Crippen LogP contribution in [0.1, 0.15) is 53.1 Å². The van der Waals surface area contributed by atoms with Crippen molar-refractivity contribution >= 4 is 28.2 Å². The molecule has 0 fully saturated rings. The van der Waals surface area contributed by atoms with Gasteiger partial charge in [0.1, 0.15) is 16.9 Å². The smallest absolute Gasteiger partial charge is 0.225 e. The zero-order valence-corrected chi connectivity index (χ0v) is 19.7. The highest BCUT2D eigenvalue weighted by Gasteiger charge is 2.27. The van der Waals surface area contributed by atoms with Gasteiger partial charge < -0.3 is 14.8 Å². The topological polar surface area (TPSA) is 91.0 Å². The molecule has 1 atom stereocenters. The first-order valence-electron chi connectivity index (χ1n) is 11.1. The summed E-state index contributed by atoms with van der Waals surface area (Å²) in [5.41, 5.74) is 2.61. The molecular weight excluding hydrogens is 434 g/mol. The number of hydrogen-bond donors (Lipinski definition) is 1. The first kappa shape index (κ1) is 22.7. The Hall–Kier alpha value is -3.44. The summed E-state index contributed by atoms with van der Waals surface area (Å²) in [5.74, 6) is 0.953. The van der Waals surface area contributed by atoms with Gasteiger partial charge >= 0.3 is 0 Å². The van der Waals surface area contributed by atoms with E-state index in [1.165, 1.54) is 11.3 Å². The third kappa shape index (κ3) is 5.15. The van der Waals surface area contributed by atoms with Gasteiger partial charge in [-0.15, -0.1) is 11.3 Å². The van der Waals surface area contributed by atoms with Crippen molar-refractivity contribution in [2.75, 3.05) is 11.9 Å². The molecule has 0 bridgehead atoms. The fourth-order valence-corrected chi connectivity index (χ4v) is 5.42. The third-order valence-corrected chi connectivity index (χ3v) is 7.26. The van der Waals surface area contributed by atoms with Crippen molar-refractivity contribution in [1.82, 2.24) is 14.5 Å². The van der Waals surface area contributed by atoms with Crippen molar-refractivity contribution in [3.8, 4) is 6.07 Å². The fraction of sp³-hybridized carbons (Fsp3) is 0.360. The van der Waals surface area contributed by atoms with E-state index in [9.17, 15) is 14.9 Å². The molecule has 0 saturated carbocycles. The molecule has 4 rings (SSSR count). The molecule has 3 aromatic rings. The maximum Gasteiger partial charge on any atom is 0.225 e. The van der Waals surface area contributed by atoms with Crippen molar-refractivity contribution in [1.29, 1.82) is 5.26 Å². The summed E-state index contributed by atoms with van der Waals surface area (Å²) < 4.78 is 1.97. The highest BCUT2D eigenvalue weighted by atomic mass is 32.1. The van der Waals surface area contributed by atoms with Gasteiger partial charge in [0.25, 0.3) is 0 Å². The number of imidazole rings is 1. The molecule has 2 amide bonds. The van der Waals surface area contributed by atoms with Gasteiger partial charge in [-0.2, -0.15) is 5.26 Å². The second kappa shape index (κ2) is 10.0. The van der Waals surface area contributed by atoms with E-state index in [1.54, 1.807) is 6.20 Å². The second-order valence-corrected chi connectivity index (χ2v) is 9.47. The van der Waals surface area contributed by atoms with Gasteiger partial charge in [0.2, 0.25) is 11.8 Å². The summed E-state index contributed by atoms with van der Waals surface area (Å²) in [7, 11) is 0. The molecule has 8 heteroatoms. The van der Waals surface area contributed by atoms with Crippen LogP contribution in [0.3, 0.4) is 0 Å². The Morgan fingerprint density at radius 3 is 2.79 bits per heavy atom. The molecule has 1 aromatic carbocycles. The zero-order chi connectivity index (χ0) is 23.4. The third-order valence-electron chi connectivity index (χ3n) is 6.12. The molecule has 0 radical (unpaired) electrons. The number of thiophene rings is 1. The lowest BCUT2D eigenvalue weighted by atomic mass is 9.97. The molecule has 3 heterocycles. The van der Waals surface area contributed by atoms with Crippen LogP contribution >= 0.6 is 11.3 Å². The lowest BCUT2D eigenvalue weighted by molar-refractivity contribution is -0.132. The Kier molecular flexibility index (Phi) is 6.90. The molecule has 1 aliphatic heterocycles. The highest BCUT2D eigenvalue weighted by Crippen LogP contribution is 2.37. The summed E-state index contributed by atoms with van der Waals surface area (Å²) in [6, 6.07) is 12.2. The van der Waals surface area contributed by atoms with E-state index in [4.69, 9.17) is 0 Å². The number of nitrogens with one attached hydrogen (secondary N) is 1. The van der Waals surface area contributed by atoms with Crippen LogP contribution in [-0.2, 0) is 29.1 Å². The predicted octanol–water partition coefficient (Wildman–Crippen LogP) is 4.23. The standard InChI is InChI=1S/C25H27N5O2S/c1-17(19-6-4-3-5-7-19)14-23(31)28-25-21(15-26)20-8-11-30(16-22(20)33-25)24(32)9-12-29-13-10-27-18(29)2/h3-7,10,13,17H,8-9,11-12,14,16H2,1-2H3,(H,28,31). The fourth-order valence-electron chi connectivity index (χ4n) is 4.19. The van der Waals surface area contributed by atoms with E-state index in [1.807, 2.05) is 59.8 Å². The predicted molar refractivity (Wildman–Crippen MR) is 128 cm³/mol. The quantitative estimate of drug-likeness (QED) is 0.570. The number of rotatable bonds is 7. The lowest BCUT2D eigenvalue weighted by Crippen LogP contribution is -2.35. The minimum Gasteiger partial charge on any atom is -0.337 e. The molecule has 0 saturated heterocycles. The summed E-state index contributed by atoms with van der Waals surface area (Å²) in [5, 5.41) is 13.3. The number of benzene rings is 1. The van der Waals surface area contributed by atoms with Crippen LogP contribution < -0.4 is 5.32 Å². The molecule has 1 unspecified atom stereocenters. The number of aryl methyl sites for hydroxylation is 2. The summed E-state index contributed by atoms with van der Waals surface area (Å²) in [6.07, 6.45) is 4.99. The summed E-state index contributed by atoms with van der Waals surface area (Å²) >= 11 is 1.41. The molecule has 170 valence electrons. The minimum atomic E-state index is -0.106. The average Bonchev–Trinajstić information content (AvgIpc) is 3.39. The van der Waals surface area contributed by atoms with Crippen molar-refractivity contribution in [3.05, 3.63) is 70.1 Å². The van der Waals surface area contributed by atoms with Crippen molar-refractivity contribution < 1.29 is 9.59 Å². The van der Waals surface area contributed by atoms with Crippen molar-refractivity contribution in [2.45, 2.75) is 52.1 Å². The summed E-state index contributed by atoms with van der Waals surface area (Å²) in [6.45, 7) is 5.60. The molecular formula is C25H27N5O2S. The Morgan fingerprint density at radius 2 is 2.09 bits per heavy atom. The molecule has 0 spiro atoms. The SMILES string of the molecule is Cc1nccn1CCC(=O)N1CCc2c(sc(NC(=O)CC(C)c3ccccc3)c2C#N)C1. The normalized spacial score (nSPS) is 13.8. The maximum absolute atomic E-state index is 12.8. The number of anilines is 1. The van der Waals surface area contributed by atoms with Crippen LogP contribution in [0.25, 0.3) is 0 Å². The van der Waals surface area contributed by atoms with E-state index < -0.39 is 0 Å². The second-order valence-electron chi connectivity index (χ2n) is 8.37. The Bertz CT molecular complexity index is 1190. The molecule has 33 heavy (non-hydrogen) atoms. The van der Waals surface area contributed by atoms with Crippen LogP contribution in [0.4, 0.5) is 5.00 Å². The minimum absolute atomic E-state index is 0.0820. The Morgan fingerprint density at radius 1 is 1.30 bits per heavy atom. The van der Waals surface area contributed by atoms with Crippen LogP contribution in [0.5, 0.6) is 0 Å². The van der Waals surface area contributed by atoms with E-state index in [0.29, 0.717) is 49.5 Å². The number of fused-ring (bicyclic) bond motifs is 1. The van der Waals surface area contributed by atoms with Gasteiger partial charge in [-0.1, -0.05) is 37.3 Å². The number of carbonyl (C=O) groups excluding carboxylic acids is 2. The monoisotopic (exact) mass is 461 g/mol. The van der Waals surface area contributed by atoms with Crippen LogP contribution in [0.15, 0.2) is 42.7 Å². The molecule has 1 aliphatic rings. The number of amides is 2. The molecule has 0 aliphatic carbocycles. The average molecular weight is 462 g/mol. The van der Waals surface area contributed by atoms with Crippen molar-refractivity contribution in [2.24, 2.45) is 0 Å². The molecule has 2 aromatic heterocycles. The largest absolute Gasteiger partial charge is 0.337 e. The van der Waals surface area contributed by atoms with Crippen LogP contribution in [0, 0.1) is 18.3 Å². The van der Waals surface area contributed by atoms with Crippen LogP contribution in [-0.4, -0.2) is 32.8 Å². The van der Waals surface area contributed by atoms with E-state index >= 15 is 0 Å². The first-order valence-corrected chi connectivity index (χ1v) is 11.9. The lowest BCUT2D eigenvalue weighted by Gasteiger charge is -2.27. The van der Waals surface area contributed by atoms with Gasteiger partial charge in [-0.05, 0) is 30.4 Å². The Labute approximate surface area is 197 Å². The van der Waals surface area contributed by atoms with Gasteiger partial charge in [-0.25, -0.2) is 4.98 Å². The first-order chi connectivity index (χ1) is 16.0. The summed E-state index contributed by atoms with van der Waals surface area (Å²) in [4.78, 5) is 32.5. The molecule has 1 N–H and O–H groups in total. The zero-order valence-electron chi connectivity index (χ0n) is 18.9. The maximum atomic E-state index is 12.8. The van der Waals surface area contributed by atoms with E-state index in [2.05, 4.69) is 16.4 Å². The van der Waals surface area contributed by atoms with Gasteiger partial charge in [0.05, 0.1) is 12.1 Å². The van der Waals surface area contributed by atoms with E-state index in [0.717, 1.165) is 21.8 Å². The number of aromatic nitrogens is 2. The van der Waals surface area contributed by atoms with Gasteiger partial charge in [0.15, 0.2) is 0 Å². The van der Waals surface area contributed by atoms with Crippen LogP contribution in [0.2, 0.25) is 0 Å². The van der Waals surface area contributed by atoms with Gasteiger partial charge in [0, 0.05) is 43.2 Å². The molecule has 7 nitrogen and oxygen atoms in total. The Balaban J connectivity index is 1.40. The number of carbonyl (C=O) groups is 2. The highest BCUT2D eigenvalue weighted by molar-refractivity contribution is 7.16. The number of hydrogen-bond acceptors (Lipinski definition) is 5. The number of nitrogens with zero attached hydrogens (tertiary/aromatic N) is 4. The number of nitriles is 1.